The minimum absolute atomic E-state index is 0.0631. The maximum Gasteiger partial charge on any atom is 0.338 e. The van der Waals surface area contributed by atoms with Crippen LogP contribution in [0.3, 0.4) is 0 Å². The first kappa shape index (κ1) is 16.1. The van der Waals surface area contributed by atoms with Gasteiger partial charge >= 0.3 is 5.97 Å². The highest BCUT2D eigenvalue weighted by Crippen LogP contribution is 2.05. The summed E-state index contributed by atoms with van der Waals surface area (Å²) in [5.74, 6) is -1.64. The number of hydrogen-bond acceptors (Lipinski definition) is 4. The molecule has 110 valence electrons. The molecule has 0 aromatic carbocycles. The van der Waals surface area contributed by atoms with Crippen molar-refractivity contribution in [1.82, 2.24) is 10.3 Å². The number of nitrogens with zero attached hydrogens (tertiary/aromatic N) is 1. The van der Waals surface area contributed by atoms with Crippen molar-refractivity contribution in [1.29, 1.82) is 0 Å². The number of hydrogen-bond donors (Lipinski definition) is 2. The lowest BCUT2D eigenvalue weighted by atomic mass is 10.2. The molecule has 0 aliphatic heterocycles. The fourth-order valence-corrected chi connectivity index (χ4v) is 1.57. The van der Waals surface area contributed by atoms with Gasteiger partial charge in [0.15, 0.2) is 0 Å². The van der Waals surface area contributed by atoms with Gasteiger partial charge in [-0.05, 0) is 25.0 Å². The summed E-state index contributed by atoms with van der Waals surface area (Å²) in [5.41, 5.74) is -0.156. The molecule has 1 amide bonds. The summed E-state index contributed by atoms with van der Waals surface area (Å²) < 4.78 is 5.36. The number of ether oxygens (including phenoxy) is 1. The molecule has 1 rings (SSSR count). The van der Waals surface area contributed by atoms with Crippen LogP contribution in [0.15, 0.2) is 18.3 Å². The molecule has 1 aromatic heterocycles. The van der Waals surface area contributed by atoms with E-state index in [1.165, 1.54) is 18.3 Å². The van der Waals surface area contributed by atoms with E-state index >= 15 is 0 Å². The number of amides is 1. The highest BCUT2D eigenvalue weighted by Gasteiger charge is 2.16. The van der Waals surface area contributed by atoms with Crippen LogP contribution in [0.1, 0.15) is 47.0 Å². The van der Waals surface area contributed by atoms with Gasteiger partial charge in [-0.2, -0.15) is 0 Å². The fourth-order valence-electron chi connectivity index (χ4n) is 1.57. The molecule has 0 aliphatic rings. The van der Waals surface area contributed by atoms with Gasteiger partial charge in [0.1, 0.15) is 5.69 Å². The minimum atomic E-state index is -1.16. The second-order valence-corrected chi connectivity index (χ2v) is 4.28. The molecule has 0 radical (unpaired) electrons. The molecule has 0 atom stereocenters. The number of pyridine rings is 1. The SMILES string of the molecule is CCCCOCCCNC(=O)c1ncccc1C(=O)O. The lowest BCUT2D eigenvalue weighted by molar-refractivity contribution is 0.0689. The molecule has 1 heterocycles. The van der Waals surface area contributed by atoms with Crippen LogP contribution in [0.4, 0.5) is 0 Å². The minimum Gasteiger partial charge on any atom is -0.478 e. The Kier molecular flexibility index (Phi) is 7.27. The smallest absolute Gasteiger partial charge is 0.338 e. The molecule has 2 N–H and O–H groups in total. The van der Waals surface area contributed by atoms with Gasteiger partial charge in [-0.3, -0.25) is 9.78 Å². The average Bonchev–Trinajstić information content (AvgIpc) is 2.46. The van der Waals surface area contributed by atoms with Crippen LogP contribution >= 0.6 is 0 Å². The molecule has 0 unspecified atom stereocenters. The zero-order chi connectivity index (χ0) is 14.8. The molecule has 0 saturated heterocycles. The normalized spacial score (nSPS) is 10.2. The van der Waals surface area contributed by atoms with Gasteiger partial charge in [-0.25, -0.2) is 4.79 Å². The molecule has 0 saturated carbocycles. The largest absolute Gasteiger partial charge is 0.478 e. The van der Waals surface area contributed by atoms with Crippen LogP contribution in [-0.2, 0) is 4.74 Å². The number of aromatic nitrogens is 1. The average molecular weight is 280 g/mol. The third-order valence-electron chi connectivity index (χ3n) is 2.65. The number of aromatic carboxylic acids is 1. The Balaban J connectivity index is 2.35. The third kappa shape index (κ3) is 5.36. The van der Waals surface area contributed by atoms with Gasteiger partial charge < -0.3 is 15.2 Å². The van der Waals surface area contributed by atoms with Crippen LogP contribution in [-0.4, -0.2) is 41.7 Å². The second-order valence-electron chi connectivity index (χ2n) is 4.28. The van der Waals surface area contributed by atoms with Crippen LogP contribution < -0.4 is 5.32 Å². The van der Waals surface area contributed by atoms with Crippen LogP contribution in [0, 0.1) is 0 Å². The van der Waals surface area contributed by atoms with E-state index in [1.807, 2.05) is 0 Å². The number of carbonyl (C=O) groups excluding carboxylic acids is 1. The maximum absolute atomic E-state index is 11.8. The van der Waals surface area contributed by atoms with Crippen LogP contribution in [0.5, 0.6) is 0 Å². The topological polar surface area (TPSA) is 88.5 Å². The van der Waals surface area contributed by atoms with Crippen LogP contribution in [0.25, 0.3) is 0 Å². The highest BCUT2D eigenvalue weighted by atomic mass is 16.5. The molecule has 0 spiro atoms. The first-order valence-electron chi connectivity index (χ1n) is 6.71. The summed E-state index contributed by atoms with van der Waals surface area (Å²) in [7, 11) is 0. The standard InChI is InChI=1S/C14H20N2O4/c1-2-3-9-20-10-5-8-16-13(17)12-11(14(18)19)6-4-7-15-12/h4,6-7H,2-3,5,8-10H2,1H3,(H,16,17)(H,18,19). The zero-order valence-corrected chi connectivity index (χ0v) is 11.6. The maximum atomic E-state index is 11.8. The Labute approximate surface area is 118 Å². The Morgan fingerprint density at radius 2 is 2.10 bits per heavy atom. The van der Waals surface area contributed by atoms with E-state index in [0.29, 0.717) is 19.6 Å². The van der Waals surface area contributed by atoms with Crippen LogP contribution in [0.2, 0.25) is 0 Å². The molecular weight excluding hydrogens is 260 g/mol. The van der Waals surface area contributed by atoms with E-state index in [2.05, 4.69) is 17.2 Å². The van der Waals surface area contributed by atoms with Gasteiger partial charge in [0.25, 0.3) is 5.91 Å². The van der Waals surface area contributed by atoms with Gasteiger partial charge in [0.05, 0.1) is 5.56 Å². The summed E-state index contributed by atoms with van der Waals surface area (Å²) in [6.45, 7) is 3.83. The lowest BCUT2D eigenvalue weighted by Crippen LogP contribution is -2.28. The van der Waals surface area contributed by atoms with E-state index < -0.39 is 11.9 Å². The Morgan fingerprint density at radius 3 is 2.80 bits per heavy atom. The van der Waals surface area contributed by atoms with Crippen molar-refractivity contribution in [2.24, 2.45) is 0 Å². The quantitative estimate of drug-likeness (QED) is 0.672. The van der Waals surface area contributed by atoms with E-state index in [-0.39, 0.29) is 11.3 Å². The summed E-state index contributed by atoms with van der Waals surface area (Å²) in [5, 5.41) is 11.6. The number of rotatable bonds is 9. The summed E-state index contributed by atoms with van der Waals surface area (Å²) in [4.78, 5) is 26.6. The summed E-state index contributed by atoms with van der Waals surface area (Å²) in [6.07, 6.45) is 4.20. The third-order valence-corrected chi connectivity index (χ3v) is 2.65. The van der Waals surface area contributed by atoms with Gasteiger partial charge in [0, 0.05) is 26.0 Å². The number of carbonyl (C=O) groups is 2. The van der Waals surface area contributed by atoms with Crippen molar-refractivity contribution >= 4 is 11.9 Å². The predicted molar refractivity (Wildman–Crippen MR) is 73.9 cm³/mol. The molecule has 6 heteroatoms. The number of carboxylic acid groups (broad SMARTS) is 1. The van der Waals surface area contributed by atoms with Gasteiger partial charge in [0.2, 0.25) is 0 Å². The van der Waals surface area contributed by atoms with Crippen molar-refractivity contribution in [2.75, 3.05) is 19.8 Å². The molecule has 20 heavy (non-hydrogen) atoms. The van der Waals surface area contributed by atoms with Crippen molar-refractivity contribution in [3.63, 3.8) is 0 Å². The Bertz CT molecular complexity index is 449. The van der Waals surface area contributed by atoms with Gasteiger partial charge in [-0.1, -0.05) is 13.3 Å². The summed E-state index contributed by atoms with van der Waals surface area (Å²) >= 11 is 0. The lowest BCUT2D eigenvalue weighted by Gasteiger charge is -2.07. The number of unbranched alkanes of at least 4 members (excludes halogenated alkanes) is 1. The van der Waals surface area contributed by atoms with E-state index in [4.69, 9.17) is 9.84 Å². The fraction of sp³-hybridized carbons (Fsp3) is 0.500. The zero-order valence-electron chi connectivity index (χ0n) is 11.6. The first-order chi connectivity index (χ1) is 9.66. The van der Waals surface area contributed by atoms with E-state index in [1.54, 1.807) is 0 Å². The van der Waals surface area contributed by atoms with Crippen molar-refractivity contribution < 1.29 is 19.4 Å². The Morgan fingerprint density at radius 1 is 1.35 bits per heavy atom. The second kappa shape index (κ2) is 9.03. The van der Waals surface area contributed by atoms with Crippen molar-refractivity contribution in [3.05, 3.63) is 29.6 Å². The number of carboxylic acids is 1. The summed E-state index contributed by atoms with van der Waals surface area (Å²) in [6, 6.07) is 2.85. The Hall–Kier alpha value is -1.95. The molecule has 0 fully saturated rings. The van der Waals surface area contributed by atoms with E-state index in [0.717, 1.165) is 19.4 Å². The molecule has 0 bridgehead atoms. The molecule has 0 aliphatic carbocycles. The molecule has 6 nitrogen and oxygen atoms in total. The van der Waals surface area contributed by atoms with Crippen molar-refractivity contribution in [2.45, 2.75) is 26.2 Å². The number of nitrogens with one attached hydrogen (secondary N) is 1. The first-order valence-corrected chi connectivity index (χ1v) is 6.71. The van der Waals surface area contributed by atoms with Crippen molar-refractivity contribution in [3.8, 4) is 0 Å². The highest BCUT2D eigenvalue weighted by molar-refractivity contribution is 6.03. The molecular formula is C14H20N2O4. The predicted octanol–water partition coefficient (Wildman–Crippen LogP) is 1.72. The van der Waals surface area contributed by atoms with Gasteiger partial charge in [-0.15, -0.1) is 0 Å². The van der Waals surface area contributed by atoms with E-state index in [9.17, 15) is 9.59 Å². The monoisotopic (exact) mass is 280 g/mol. The molecule has 1 aromatic rings.